The number of amides is 1. The molecular weight excluding hydrogens is 473 g/mol. The number of nitrogens with one attached hydrogen (secondary N) is 2. The van der Waals surface area contributed by atoms with Crippen molar-refractivity contribution >= 4 is 51.1 Å². The van der Waals surface area contributed by atoms with Crippen LogP contribution in [0.2, 0.25) is 0 Å². The minimum atomic E-state index is -0.0856. The molecule has 4 rings (SSSR count). The Bertz CT molecular complexity index is 1070. The van der Waals surface area contributed by atoms with Crippen LogP contribution in [0.15, 0.2) is 72.8 Å². The molecule has 0 saturated heterocycles. The van der Waals surface area contributed by atoms with Gasteiger partial charge in [-0.1, -0.05) is 48.5 Å². The fourth-order valence-electron chi connectivity index (χ4n) is 3.48. The zero-order chi connectivity index (χ0) is 20.4. The van der Waals surface area contributed by atoms with Gasteiger partial charge < -0.3 is 15.5 Å². The van der Waals surface area contributed by atoms with Crippen LogP contribution in [0.5, 0.6) is 0 Å². The highest BCUT2D eigenvalue weighted by molar-refractivity contribution is 14.1. The first-order valence-corrected chi connectivity index (χ1v) is 10.5. The molecular formula is C24H22IN3O. The van der Waals surface area contributed by atoms with Gasteiger partial charge in [0.05, 0.1) is 17.0 Å². The molecule has 0 fully saturated rings. The third kappa shape index (κ3) is 4.36. The highest BCUT2D eigenvalue weighted by Crippen LogP contribution is 2.38. The second kappa shape index (κ2) is 8.39. The van der Waals surface area contributed by atoms with Gasteiger partial charge >= 0.3 is 0 Å². The van der Waals surface area contributed by atoms with Crippen LogP contribution in [-0.4, -0.2) is 24.9 Å². The van der Waals surface area contributed by atoms with E-state index in [0.29, 0.717) is 5.57 Å². The Morgan fingerprint density at radius 1 is 1.00 bits per heavy atom. The van der Waals surface area contributed by atoms with Crippen LogP contribution in [0.25, 0.3) is 11.3 Å². The van der Waals surface area contributed by atoms with E-state index in [2.05, 4.69) is 76.5 Å². The zero-order valence-corrected chi connectivity index (χ0v) is 18.5. The first kappa shape index (κ1) is 19.7. The molecule has 0 saturated carbocycles. The van der Waals surface area contributed by atoms with E-state index in [1.165, 1.54) is 5.56 Å². The normalized spacial score (nSPS) is 14.6. The maximum Gasteiger partial charge on any atom is 0.258 e. The summed E-state index contributed by atoms with van der Waals surface area (Å²) in [5.41, 5.74) is 6.42. The lowest BCUT2D eigenvalue weighted by molar-refractivity contribution is -0.110. The van der Waals surface area contributed by atoms with E-state index in [1.54, 1.807) is 0 Å². The van der Waals surface area contributed by atoms with Crippen molar-refractivity contribution in [2.45, 2.75) is 6.54 Å². The maximum absolute atomic E-state index is 12.9. The largest absolute Gasteiger partial charge is 0.354 e. The van der Waals surface area contributed by atoms with E-state index in [0.717, 1.165) is 38.3 Å². The first-order chi connectivity index (χ1) is 14.0. The Balaban J connectivity index is 1.78. The molecule has 4 nitrogen and oxygen atoms in total. The summed E-state index contributed by atoms with van der Waals surface area (Å²) in [5, 5.41) is 6.51. The molecule has 3 aromatic rings. The number of carbonyl (C=O) groups excluding carboxylic acids is 1. The van der Waals surface area contributed by atoms with Crippen molar-refractivity contribution in [2.24, 2.45) is 0 Å². The first-order valence-electron chi connectivity index (χ1n) is 9.43. The summed E-state index contributed by atoms with van der Waals surface area (Å²) >= 11 is 2.26. The molecule has 146 valence electrons. The zero-order valence-electron chi connectivity index (χ0n) is 16.4. The van der Waals surface area contributed by atoms with E-state index in [9.17, 15) is 4.79 Å². The Labute approximate surface area is 184 Å². The molecule has 0 bridgehead atoms. The average Bonchev–Trinajstić information content (AvgIpc) is 3.02. The fourth-order valence-corrected chi connectivity index (χ4v) is 3.97. The second-order valence-corrected chi connectivity index (χ2v) is 8.57. The van der Waals surface area contributed by atoms with Gasteiger partial charge in [0.15, 0.2) is 0 Å². The van der Waals surface area contributed by atoms with Gasteiger partial charge in [0.1, 0.15) is 0 Å². The summed E-state index contributed by atoms with van der Waals surface area (Å²) in [7, 11) is 4.11. The third-order valence-corrected chi connectivity index (χ3v) is 5.43. The number of halogens is 1. The second-order valence-electron chi connectivity index (χ2n) is 7.32. The Hall–Kier alpha value is -2.64. The Morgan fingerprint density at radius 3 is 2.41 bits per heavy atom. The van der Waals surface area contributed by atoms with Crippen LogP contribution in [0.3, 0.4) is 0 Å². The lowest BCUT2D eigenvalue weighted by Crippen LogP contribution is -2.11. The highest BCUT2D eigenvalue weighted by atomic mass is 127. The van der Waals surface area contributed by atoms with Crippen LogP contribution >= 0.6 is 22.6 Å². The molecule has 0 atom stereocenters. The summed E-state index contributed by atoms with van der Waals surface area (Å²) < 4.78 is 1.09. The number of rotatable bonds is 5. The molecule has 0 radical (unpaired) electrons. The molecule has 1 aliphatic rings. The maximum atomic E-state index is 12.9. The molecule has 0 unspecified atom stereocenters. The summed E-state index contributed by atoms with van der Waals surface area (Å²) in [5.74, 6) is -0.0856. The lowest BCUT2D eigenvalue weighted by Gasteiger charge is -2.16. The van der Waals surface area contributed by atoms with Gasteiger partial charge in [-0.15, -0.1) is 0 Å². The van der Waals surface area contributed by atoms with Gasteiger partial charge in [0, 0.05) is 21.4 Å². The number of benzene rings is 3. The van der Waals surface area contributed by atoms with Crippen LogP contribution < -0.4 is 10.6 Å². The Kier molecular flexibility index (Phi) is 5.69. The summed E-state index contributed by atoms with van der Waals surface area (Å²) in [6.07, 6.45) is 0. The molecule has 1 heterocycles. The molecule has 0 spiro atoms. The molecule has 1 amide bonds. The molecule has 29 heavy (non-hydrogen) atoms. The standard InChI is InChI=1S/C24H22IN3O/c1-28(2)15-16-8-11-19(12-9-16)26-23(17-6-4-3-5-7-17)22-20-13-10-18(25)14-21(20)27-24(22)29/h3-14,26H,15H2,1-2H3,(H,27,29)/b23-22-. The van der Waals surface area contributed by atoms with Crippen LogP contribution in [0, 0.1) is 3.57 Å². The molecule has 3 aromatic carbocycles. The lowest BCUT2D eigenvalue weighted by atomic mass is 10.00. The van der Waals surface area contributed by atoms with Gasteiger partial charge in [-0.3, -0.25) is 4.79 Å². The summed E-state index contributed by atoms with van der Waals surface area (Å²) in [6.45, 7) is 0.890. The number of hydrogen-bond acceptors (Lipinski definition) is 3. The van der Waals surface area contributed by atoms with Crippen LogP contribution in [0.1, 0.15) is 16.7 Å². The van der Waals surface area contributed by atoms with E-state index in [-0.39, 0.29) is 5.91 Å². The van der Waals surface area contributed by atoms with E-state index in [4.69, 9.17) is 0 Å². The predicted molar refractivity (Wildman–Crippen MR) is 129 cm³/mol. The predicted octanol–water partition coefficient (Wildman–Crippen LogP) is 5.29. The third-order valence-electron chi connectivity index (χ3n) is 4.76. The molecule has 5 heteroatoms. The average molecular weight is 495 g/mol. The SMILES string of the molecule is CN(C)Cc1ccc(N/C(=C2\C(=O)Nc3cc(I)ccc32)c2ccccc2)cc1. The number of fused-ring (bicyclic) bond motifs is 1. The van der Waals surface area contributed by atoms with E-state index in [1.807, 2.05) is 48.5 Å². The molecule has 0 aliphatic carbocycles. The van der Waals surface area contributed by atoms with Crippen molar-refractivity contribution in [3.63, 3.8) is 0 Å². The minimum Gasteiger partial charge on any atom is -0.354 e. The van der Waals surface area contributed by atoms with Crippen molar-refractivity contribution in [2.75, 3.05) is 24.7 Å². The van der Waals surface area contributed by atoms with Crippen LogP contribution in [-0.2, 0) is 11.3 Å². The van der Waals surface area contributed by atoms with Gasteiger partial charge in [0.25, 0.3) is 5.91 Å². The van der Waals surface area contributed by atoms with Gasteiger partial charge in [-0.2, -0.15) is 0 Å². The number of carbonyl (C=O) groups is 1. The molecule has 1 aliphatic heterocycles. The Morgan fingerprint density at radius 2 is 1.72 bits per heavy atom. The van der Waals surface area contributed by atoms with Crippen molar-refractivity contribution in [1.82, 2.24) is 4.90 Å². The number of anilines is 2. The van der Waals surface area contributed by atoms with Gasteiger partial charge in [0.2, 0.25) is 0 Å². The van der Waals surface area contributed by atoms with Crippen LogP contribution in [0.4, 0.5) is 11.4 Å². The van der Waals surface area contributed by atoms with Gasteiger partial charge in [-0.25, -0.2) is 0 Å². The van der Waals surface area contributed by atoms with Gasteiger partial charge in [-0.05, 0) is 72.1 Å². The minimum absolute atomic E-state index is 0.0856. The summed E-state index contributed by atoms with van der Waals surface area (Å²) in [4.78, 5) is 15.0. The number of hydrogen-bond donors (Lipinski definition) is 2. The summed E-state index contributed by atoms with van der Waals surface area (Å²) in [6, 6.07) is 24.4. The quantitative estimate of drug-likeness (QED) is 0.374. The van der Waals surface area contributed by atoms with Crippen molar-refractivity contribution in [1.29, 1.82) is 0 Å². The van der Waals surface area contributed by atoms with Crippen molar-refractivity contribution in [3.8, 4) is 0 Å². The molecule has 2 N–H and O–H groups in total. The monoisotopic (exact) mass is 495 g/mol. The van der Waals surface area contributed by atoms with E-state index >= 15 is 0 Å². The topological polar surface area (TPSA) is 44.4 Å². The van der Waals surface area contributed by atoms with Crippen molar-refractivity contribution < 1.29 is 4.79 Å². The fraction of sp³-hybridized carbons (Fsp3) is 0.125. The smallest absolute Gasteiger partial charge is 0.258 e. The number of nitrogens with zero attached hydrogens (tertiary/aromatic N) is 1. The van der Waals surface area contributed by atoms with E-state index < -0.39 is 0 Å². The van der Waals surface area contributed by atoms with Crippen molar-refractivity contribution in [3.05, 3.63) is 93.1 Å². The highest BCUT2D eigenvalue weighted by Gasteiger charge is 2.28. The molecule has 0 aromatic heterocycles.